The van der Waals surface area contributed by atoms with Gasteiger partial charge in [0.1, 0.15) is 0 Å². The quantitative estimate of drug-likeness (QED) is 0.131. The monoisotopic (exact) mass is 379 g/mol. The van der Waals surface area contributed by atoms with E-state index in [-0.39, 0.29) is 28.5 Å². The van der Waals surface area contributed by atoms with Crippen molar-refractivity contribution < 1.29 is 67.3 Å². The predicted molar refractivity (Wildman–Crippen MR) is 35.4 cm³/mol. The van der Waals surface area contributed by atoms with E-state index in [0.29, 0.717) is 0 Å². The van der Waals surface area contributed by atoms with E-state index in [1.54, 1.807) is 0 Å². The van der Waals surface area contributed by atoms with Gasteiger partial charge in [0, 0.05) is 22.4 Å². The molecule has 105 valence electrons. The fourth-order valence-corrected chi connectivity index (χ4v) is 0.612. The first kappa shape index (κ1) is 24.7. The van der Waals surface area contributed by atoms with Crippen LogP contribution in [-0.2, 0) is 51.8 Å². The van der Waals surface area contributed by atoms with Gasteiger partial charge in [-0.1, -0.05) is 0 Å². The fraction of sp³-hybridized carbons (Fsp3) is 0. The standard InChI is InChI=1S/Ag.HNO3.H3N.H2O8S2/c;2-1(3)4;;1-9(2,3)7-8-10(4,5)6/h;(H,2,3,4);1H3;(H,1,2,3)(H,4,5,6)/p-2. The van der Waals surface area contributed by atoms with E-state index in [1.807, 2.05) is 0 Å². The SMILES string of the molecule is N.O=S(=O)([O-])OOS(=O)(=O)[O-].O=[N+]([O-])O.[Ag]. The van der Waals surface area contributed by atoms with E-state index in [2.05, 4.69) is 8.67 Å². The van der Waals surface area contributed by atoms with Crippen LogP contribution in [0.3, 0.4) is 0 Å². The normalized spacial score (nSPS) is 9.88. The minimum Gasteiger partial charge on any atom is -0.724 e. The Morgan fingerprint density at radius 2 is 1.12 bits per heavy atom. The van der Waals surface area contributed by atoms with Gasteiger partial charge in [0.2, 0.25) is 20.8 Å². The molecule has 0 heterocycles. The number of rotatable bonds is 3. The minimum absolute atomic E-state index is 0. The third-order valence-electron chi connectivity index (χ3n) is 0.194. The molecule has 0 rings (SSSR count). The van der Waals surface area contributed by atoms with Crippen LogP contribution in [0.4, 0.5) is 0 Å². The first-order valence-electron chi connectivity index (χ1n) is 2.07. The summed E-state index contributed by atoms with van der Waals surface area (Å²) in [5.41, 5.74) is 0. The van der Waals surface area contributed by atoms with Crippen LogP contribution in [-0.4, -0.2) is 36.2 Å². The minimum atomic E-state index is -5.31. The molecule has 0 aliphatic rings. The van der Waals surface area contributed by atoms with Crippen LogP contribution in [0.15, 0.2) is 0 Å². The van der Waals surface area contributed by atoms with Gasteiger partial charge in [0.15, 0.2) is 0 Å². The molecular weight excluding hydrogens is 376 g/mol. The smallest absolute Gasteiger partial charge is 0.291 e. The van der Waals surface area contributed by atoms with E-state index in [1.165, 1.54) is 0 Å². The Hall–Kier alpha value is -0.360. The summed E-state index contributed by atoms with van der Waals surface area (Å²) in [6.45, 7) is 0. The Morgan fingerprint density at radius 1 is 1.00 bits per heavy atom. The van der Waals surface area contributed by atoms with Crippen molar-refractivity contribution in [2.24, 2.45) is 0 Å². The van der Waals surface area contributed by atoms with Gasteiger partial charge < -0.3 is 20.5 Å². The first-order valence-corrected chi connectivity index (χ1v) is 4.73. The van der Waals surface area contributed by atoms with Crippen LogP contribution in [0.1, 0.15) is 0 Å². The van der Waals surface area contributed by atoms with Crippen LogP contribution in [0.2, 0.25) is 0 Å². The summed E-state index contributed by atoms with van der Waals surface area (Å²) in [5, 5.41) is 13.6. The van der Waals surface area contributed by atoms with Crippen LogP contribution in [0.25, 0.3) is 0 Å². The second kappa shape index (κ2) is 9.84. The van der Waals surface area contributed by atoms with Crippen molar-refractivity contribution in [3.05, 3.63) is 10.1 Å². The van der Waals surface area contributed by atoms with Gasteiger partial charge >= 0.3 is 0 Å². The number of hydrogen-bond acceptors (Lipinski definition) is 11. The molecule has 0 amide bonds. The Bertz CT molecular complexity index is 329. The van der Waals surface area contributed by atoms with E-state index >= 15 is 0 Å². The predicted octanol–water partition coefficient (Wildman–Crippen LogP) is -2.33. The number of nitrogens with zero attached hydrogens (tertiary/aromatic N) is 1. The summed E-state index contributed by atoms with van der Waals surface area (Å²) in [6.07, 6.45) is 0. The van der Waals surface area contributed by atoms with E-state index in [9.17, 15) is 25.9 Å². The summed E-state index contributed by atoms with van der Waals surface area (Å²) >= 11 is 0. The maximum absolute atomic E-state index is 9.37. The maximum atomic E-state index is 9.37. The second-order valence-corrected chi connectivity index (χ2v) is 3.10. The van der Waals surface area contributed by atoms with Crippen molar-refractivity contribution >= 4 is 20.8 Å². The van der Waals surface area contributed by atoms with Gasteiger partial charge in [0.05, 0.1) is 0 Å². The Balaban J connectivity index is -0.000000105. The topological polar surface area (TPSA) is 231 Å². The molecule has 0 bridgehead atoms. The zero-order valence-electron chi connectivity index (χ0n) is 6.80. The van der Waals surface area contributed by atoms with Gasteiger partial charge in [-0.05, 0) is 0 Å². The van der Waals surface area contributed by atoms with Crippen molar-refractivity contribution in [2.75, 3.05) is 0 Å². The zero-order valence-corrected chi connectivity index (χ0v) is 9.92. The fourth-order valence-electron chi connectivity index (χ4n) is 0.0680. The zero-order chi connectivity index (χ0) is 12.0. The molecule has 0 unspecified atom stereocenters. The van der Waals surface area contributed by atoms with Gasteiger partial charge in [-0.25, -0.2) is 16.8 Å². The molecule has 13 nitrogen and oxygen atoms in total. The molecule has 0 aromatic heterocycles. The summed E-state index contributed by atoms with van der Waals surface area (Å²) in [7, 11) is -10.6. The Kier molecular flexibility index (Phi) is 15.2. The van der Waals surface area contributed by atoms with Crippen molar-refractivity contribution in [3.63, 3.8) is 0 Å². The average molecular weight is 380 g/mol. The molecule has 0 aliphatic carbocycles. The average Bonchev–Trinajstić information content (AvgIpc) is 1.79. The molecule has 16 heavy (non-hydrogen) atoms. The molecule has 16 heteroatoms. The summed E-state index contributed by atoms with van der Waals surface area (Å²) < 4.78 is 61.5. The molecule has 4 N–H and O–H groups in total. The third kappa shape index (κ3) is 49.4. The van der Waals surface area contributed by atoms with Crippen LogP contribution in [0.5, 0.6) is 0 Å². The maximum Gasteiger partial charge on any atom is 0.291 e. The molecule has 0 saturated heterocycles. The second-order valence-electron chi connectivity index (χ2n) is 1.19. The molecule has 0 spiro atoms. The van der Waals surface area contributed by atoms with Crippen LogP contribution >= 0.6 is 0 Å². The molecule has 0 aromatic carbocycles. The van der Waals surface area contributed by atoms with Gasteiger partial charge in [-0.15, -0.1) is 18.8 Å². The van der Waals surface area contributed by atoms with E-state index in [4.69, 9.17) is 15.3 Å². The van der Waals surface area contributed by atoms with Crippen LogP contribution < -0.4 is 6.15 Å². The summed E-state index contributed by atoms with van der Waals surface area (Å²) in [4.78, 5) is 8.36. The Labute approximate surface area is 104 Å². The van der Waals surface area contributed by atoms with Gasteiger partial charge in [-0.3, -0.25) is 0 Å². The summed E-state index contributed by atoms with van der Waals surface area (Å²) in [5.74, 6) is 0. The molecule has 0 fully saturated rings. The van der Waals surface area contributed by atoms with Crippen molar-refractivity contribution in [3.8, 4) is 0 Å². The molecule has 0 aliphatic heterocycles. The molecular formula is H4AgN2O11S2-2. The molecule has 0 saturated carbocycles. The molecule has 0 atom stereocenters. The largest absolute Gasteiger partial charge is 0.724 e. The first-order chi connectivity index (χ1) is 5.94. The molecule has 1 radical (unpaired) electrons. The molecule has 0 aromatic rings. The number of hydrogen-bond donors (Lipinski definition) is 2. The van der Waals surface area contributed by atoms with Crippen LogP contribution in [0, 0.1) is 10.1 Å². The van der Waals surface area contributed by atoms with Crippen molar-refractivity contribution in [1.82, 2.24) is 6.15 Å². The van der Waals surface area contributed by atoms with Gasteiger partial charge in [0.25, 0.3) is 5.09 Å². The van der Waals surface area contributed by atoms with E-state index < -0.39 is 25.9 Å². The Morgan fingerprint density at radius 3 is 1.19 bits per heavy atom. The van der Waals surface area contributed by atoms with Gasteiger partial charge in [-0.2, -0.15) is 0 Å². The van der Waals surface area contributed by atoms with E-state index in [0.717, 1.165) is 0 Å². The summed E-state index contributed by atoms with van der Waals surface area (Å²) in [6, 6.07) is 0. The van der Waals surface area contributed by atoms with Crippen molar-refractivity contribution in [2.45, 2.75) is 0 Å². The third-order valence-corrected chi connectivity index (χ3v) is 0.750. The van der Waals surface area contributed by atoms with Crippen molar-refractivity contribution in [1.29, 1.82) is 0 Å².